The number of rotatable bonds is 6. The molecule has 0 bridgehead atoms. The monoisotopic (exact) mass is 395 g/mol. The lowest BCUT2D eigenvalue weighted by Crippen LogP contribution is -2.28. The molecule has 0 fully saturated rings. The second kappa shape index (κ2) is 8.49. The minimum atomic E-state index is -0.143. The SMILES string of the molecule is O=C(COc1ccc(-c2ccccc2)cc1)NCc1ccc(Br)cc1. The second-order valence-electron chi connectivity index (χ2n) is 5.58. The molecule has 1 N–H and O–H groups in total. The lowest BCUT2D eigenvalue weighted by atomic mass is 10.1. The summed E-state index contributed by atoms with van der Waals surface area (Å²) in [5, 5.41) is 2.85. The molecule has 3 nitrogen and oxygen atoms in total. The van der Waals surface area contributed by atoms with E-state index < -0.39 is 0 Å². The largest absolute Gasteiger partial charge is 0.484 e. The highest BCUT2D eigenvalue weighted by Gasteiger charge is 2.04. The fraction of sp³-hybridized carbons (Fsp3) is 0.0952. The van der Waals surface area contributed by atoms with E-state index in [2.05, 4.69) is 33.4 Å². The molecule has 3 aromatic carbocycles. The minimum Gasteiger partial charge on any atom is -0.484 e. The van der Waals surface area contributed by atoms with Crippen LogP contribution >= 0.6 is 15.9 Å². The molecule has 0 aliphatic carbocycles. The molecule has 0 spiro atoms. The number of hydrogen-bond acceptors (Lipinski definition) is 2. The molecule has 4 heteroatoms. The van der Waals surface area contributed by atoms with Gasteiger partial charge in [0.2, 0.25) is 0 Å². The number of benzene rings is 3. The highest BCUT2D eigenvalue weighted by Crippen LogP contribution is 2.21. The normalized spacial score (nSPS) is 10.3. The van der Waals surface area contributed by atoms with Crippen LogP contribution in [0.3, 0.4) is 0 Å². The summed E-state index contributed by atoms with van der Waals surface area (Å²) in [7, 11) is 0. The van der Waals surface area contributed by atoms with Crippen molar-refractivity contribution in [1.82, 2.24) is 5.32 Å². The summed E-state index contributed by atoms with van der Waals surface area (Å²) < 4.78 is 6.57. The van der Waals surface area contributed by atoms with E-state index in [1.165, 1.54) is 0 Å². The van der Waals surface area contributed by atoms with Gasteiger partial charge in [-0.25, -0.2) is 0 Å². The third-order valence-corrected chi connectivity index (χ3v) is 4.26. The molecule has 0 atom stereocenters. The Hall–Kier alpha value is -2.59. The summed E-state index contributed by atoms with van der Waals surface area (Å²) in [6, 6.07) is 25.7. The molecule has 0 aliphatic heterocycles. The van der Waals surface area contributed by atoms with E-state index in [4.69, 9.17) is 4.74 Å². The molecular formula is C21H18BrNO2. The van der Waals surface area contributed by atoms with Crippen LogP contribution in [0.25, 0.3) is 11.1 Å². The zero-order valence-corrected chi connectivity index (χ0v) is 15.2. The summed E-state index contributed by atoms with van der Waals surface area (Å²) >= 11 is 3.39. The number of halogens is 1. The molecule has 0 unspecified atom stereocenters. The van der Waals surface area contributed by atoms with Crippen molar-refractivity contribution < 1.29 is 9.53 Å². The van der Waals surface area contributed by atoms with E-state index >= 15 is 0 Å². The van der Waals surface area contributed by atoms with E-state index in [-0.39, 0.29) is 12.5 Å². The van der Waals surface area contributed by atoms with Crippen molar-refractivity contribution in [2.24, 2.45) is 0 Å². The molecule has 3 aromatic rings. The highest BCUT2D eigenvalue weighted by atomic mass is 79.9. The zero-order chi connectivity index (χ0) is 17.5. The number of carbonyl (C=O) groups excluding carboxylic acids is 1. The number of hydrogen-bond donors (Lipinski definition) is 1. The van der Waals surface area contributed by atoms with Crippen LogP contribution in [0.1, 0.15) is 5.56 Å². The average Bonchev–Trinajstić information content (AvgIpc) is 2.67. The van der Waals surface area contributed by atoms with Crippen molar-refractivity contribution in [1.29, 1.82) is 0 Å². The first kappa shape index (κ1) is 17.2. The van der Waals surface area contributed by atoms with Crippen LogP contribution in [0.2, 0.25) is 0 Å². The zero-order valence-electron chi connectivity index (χ0n) is 13.6. The van der Waals surface area contributed by atoms with Gasteiger partial charge in [-0.1, -0.05) is 70.5 Å². The summed E-state index contributed by atoms with van der Waals surface area (Å²) in [4.78, 5) is 11.9. The molecule has 0 heterocycles. The molecule has 0 aromatic heterocycles. The Kier molecular flexibility index (Phi) is 5.86. The van der Waals surface area contributed by atoms with Gasteiger partial charge in [0, 0.05) is 11.0 Å². The Morgan fingerprint density at radius 2 is 1.48 bits per heavy atom. The number of nitrogens with one attached hydrogen (secondary N) is 1. The average molecular weight is 396 g/mol. The van der Waals surface area contributed by atoms with Crippen molar-refractivity contribution in [3.8, 4) is 16.9 Å². The molecular weight excluding hydrogens is 378 g/mol. The molecule has 0 radical (unpaired) electrons. The second-order valence-corrected chi connectivity index (χ2v) is 6.50. The maximum Gasteiger partial charge on any atom is 0.258 e. The van der Waals surface area contributed by atoms with Crippen LogP contribution in [0, 0.1) is 0 Å². The van der Waals surface area contributed by atoms with Gasteiger partial charge in [-0.2, -0.15) is 0 Å². The summed E-state index contributed by atoms with van der Waals surface area (Å²) in [5.74, 6) is 0.536. The number of carbonyl (C=O) groups is 1. The van der Waals surface area contributed by atoms with Crippen LogP contribution in [0.4, 0.5) is 0 Å². The van der Waals surface area contributed by atoms with Crippen molar-refractivity contribution in [3.63, 3.8) is 0 Å². The quantitative estimate of drug-likeness (QED) is 0.650. The van der Waals surface area contributed by atoms with Crippen LogP contribution in [0.5, 0.6) is 5.75 Å². The van der Waals surface area contributed by atoms with Gasteiger partial charge in [0.15, 0.2) is 6.61 Å². The maximum absolute atomic E-state index is 11.9. The lowest BCUT2D eigenvalue weighted by molar-refractivity contribution is -0.123. The maximum atomic E-state index is 11.9. The van der Waals surface area contributed by atoms with Crippen LogP contribution in [-0.4, -0.2) is 12.5 Å². The van der Waals surface area contributed by atoms with E-state index in [0.717, 1.165) is 21.2 Å². The van der Waals surface area contributed by atoms with E-state index in [9.17, 15) is 4.79 Å². The third kappa shape index (κ3) is 5.19. The fourth-order valence-corrected chi connectivity index (χ4v) is 2.64. The topological polar surface area (TPSA) is 38.3 Å². The fourth-order valence-electron chi connectivity index (χ4n) is 2.38. The number of ether oxygens (including phenoxy) is 1. The van der Waals surface area contributed by atoms with Crippen molar-refractivity contribution in [2.75, 3.05) is 6.61 Å². The van der Waals surface area contributed by atoms with E-state index in [1.54, 1.807) is 0 Å². The molecule has 0 aliphatic rings. The third-order valence-electron chi connectivity index (χ3n) is 3.73. The van der Waals surface area contributed by atoms with Crippen LogP contribution in [0.15, 0.2) is 83.3 Å². The highest BCUT2D eigenvalue weighted by molar-refractivity contribution is 9.10. The first-order chi connectivity index (χ1) is 12.2. The van der Waals surface area contributed by atoms with Gasteiger partial charge < -0.3 is 10.1 Å². The number of amides is 1. The standard InChI is InChI=1S/C21H18BrNO2/c22-19-10-6-16(7-11-19)14-23-21(24)15-25-20-12-8-18(9-13-20)17-4-2-1-3-5-17/h1-13H,14-15H2,(H,23,24). The first-order valence-corrected chi connectivity index (χ1v) is 8.79. The first-order valence-electron chi connectivity index (χ1n) is 8.00. The minimum absolute atomic E-state index is 0.00120. The summed E-state index contributed by atoms with van der Waals surface area (Å²) in [6.45, 7) is 0.490. The molecule has 1 amide bonds. The summed E-state index contributed by atoms with van der Waals surface area (Å²) in [5.41, 5.74) is 3.32. The predicted octanol–water partition coefficient (Wildman–Crippen LogP) is 4.81. The Morgan fingerprint density at radius 3 is 2.16 bits per heavy atom. The molecule has 25 heavy (non-hydrogen) atoms. The van der Waals surface area contributed by atoms with Gasteiger partial charge in [-0.15, -0.1) is 0 Å². The Bertz CT molecular complexity index is 815. The van der Waals surface area contributed by atoms with Gasteiger partial charge in [0.25, 0.3) is 5.91 Å². The van der Waals surface area contributed by atoms with E-state index in [1.807, 2.05) is 66.7 Å². The van der Waals surface area contributed by atoms with Crippen molar-refractivity contribution in [2.45, 2.75) is 6.54 Å². The predicted molar refractivity (Wildman–Crippen MR) is 103 cm³/mol. The van der Waals surface area contributed by atoms with Crippen LogP contribution < -0.4 is 10.1 Å². The molecule has 126 valence electrons. The lowest BCUT2D eigenvalue weighted by Gasteiger charge is -2.08. The molecule has 0 saturated heterocycles. The Labute approximate surface area is 155 Å². The van der Waals surface area contributed by atoms with Gasteiger partial charge in [-0.05, 0) is 41.0 Å². The van der Waals surface area contributed by atoms with E-state index in [0.29, 0.717) is 12.3 Å². The van der Waals surface area contributed by atoms with Crippen molar-refractivity contribution >= 4 is 21.8 Å². The molecule has 0 saturated carbocycles. The smallest absolute Gasteiger partial charge is 0.258 e. The van der Waals surface area contributed by atoms with Gasteiger partial charge in [-0.3, -0.25) is 4.79 Å². The van der Waals surface area contributed by atoms with Crippen molar-refractivity contribution in [3.05, 3.63) is 88.9 Å². The Balaban J connectivity index is 1.48. The van der Waals surface area contributed by atoms with Crippen LogP contribution in [-0.2, 0) is 11.3 Å². The summed E-state index contributed by atoms with van der Waals surface area (Å²) in [6.07, 6.45) is 0. The Morgan fingerprint density at radius 1 is 0.840 bits per heavy atom. The van der Waals surface area contributed by atoms with Gasteiger partial charge >= 0.3 is 0 Å². The van der Waals surface area contributed by atoms with Gasteiger partial charge in [0.05, 0.1) is 0 Å². The molecule has 3 rings (SSSR count). The van der Waals surface area contributed by atoms with Gasteiger partial charge in [0.1, 0.15) is 5.75 Å².